The first-order valence-corrected chi connectivity index (χ1v) is 9.23. The molecule has 1 N–H and O–H groups in total. The number of likely N-dealkylation sites (tertiary alicyclic amines) is 1. The molecule has 1 aliphatic rings. The highest BCUT2D eigenvalue weighted by Gasteiger charge is 2.27. The molecule has 0 bridgehead atoms. The average Bonchev–Trinajstić information content (AvgIpc) is 2.44. The van der Waals surface area contributed by atoms with Crippen LogP contribution in [0.15, 0.2) is 18.2 Å². The second kappa shape index (κ2) is 6.93. The largest absolute Gasteiger partial charge is 0.338 e. The van der Waals surface area contributed by atoms with E-state index in [-0.39, 0.29) is 23.0 Å². The first-order valence-electron chi connectivity index (χ1n) is 6.96. The van der Waals surface area contributed by atoms with E-state index in [9.17, 15) is 17.6 Å². The smallest absolute Gasteiger partial charge is 0.258 e. The first kappa shape index (κ1) is 17.2. The van der Waals surface area contributed by atoms with Crippen molar-refractivity contribution in [2.75, 3.05) is 25.9 Å². The van der Waals surface area contributed by atoms with Gasteiger partial charge in [-0.1, -0.05) is 17.7 Å². The lowest BCUT2D eigenvalue weighted by Crippen LogP contribution is -2.43. The maximum absolute atomic E-state index is 13.8. The Morgan fingerprint density at radius 3 is 2.86 bits per heavy atom. The average molecular weight is 349 g/mol. The van der Waals surface area contributed by atoms with E-state index < -0.39 is 21.7 Å². The van der Waals surface area contributed by atoms with Crippen molar-refractivity contribution in [2.45, 2.75) is 12.8 Å². The van der Waals surface area contributed by atoms with Crippen molar-refractivity contribution >= 4 is 27.5 Å². The second-order valence-electron chi connectivity index (χ2n) is 5.48. The maximum Gasteiger partial charge on any atom is 0.258 e. The fourth-order valence-corrected chi connectivity index (χ4v) is 3.33. The third-order valence-electron chi connectivity index (χ3n) is 3.62. The van der Waals surface area contributed by atoms with Gasteiger partial charge in [0.05, 0.1) is 16.8 Å². The molecule has 1 aromatic rings. The van der Waals surface area contributed by atoms with Crippen molar-refractivity contribution in [3.63, 3.8) is 0 Å². The Balaban J connectivity index is 2.07. The van der Waals surface area contributed by atoms with Crippen molar-refractivity contribution in [1.29, 1.82) is 0 Å². The predicted molar refractivity (Wildman–Crippen MR) is 82.9 cm³/mol. The van der Waals surface area contributed by atoms with Crippen LogP contribution in [-0.4, -0.2) is 45.1 Å². The number of rotatable bonds is 4. The summed E-state index contributed by atoms with van der Waals surface area (Å²) in [4.78, 5) is 14.0. The molecule has 1 saturated heterocycles. The minimum atomic E-state index is -3.26. The van der Waals surface area contributed by atoms with E-state index >= 15 is 0 Å². The topological polar surface area (TPSA) is 66.5 Å². The van der Waals surface area contributed by atoms with Crippen molar-refractivity contribution in [3.8, 4) is 0 Å². The molecular formula is C14H18ClFN2O3S. The van der Waals surface area contributed by atoms with Gasteiger partial charge >= 0.3 is 0 Å². The van der Waals surface area contributed by atoms with Crippen LogP contribution in [0.1, 0.15) is 23.2 Å². The number of piperidine rings is 1. The van der Waals surface area contributed by atoms with Crippen LogP contribution in [0.3, 0.4) is 0 Å². The van der Waals surface area contributed by atoms with Crippen LogP contribution in [0.4, 0.5) is 4.39 Å². The molecule has 0 radical (unpaired) electrons. The van der Waals surface area contributed by atoms with Gasteiger partial charge in [0.25, 0.3) is 5.91 Å². The van der Waals surface area contributed by atoms with Gasteiger partial charge in [-0.2, -0.15) is 0 Å². The van der Waals surface area contributed by atoms with Crippen LogP contribution in [0.2, 0.25) is 5.02 Å². The lowest BCUT2D eigenvalue weighted by Gasteiger charge is -2.33. The van der Waals surface area contributed by atoms with Crippen molar-refractivity contribution in [3.05, 3.63) is 34.6 Å². The molecule has 1 fully saturated rings. The third kappa shape index (κ3) is 4.41. The highest BCUT2D eigenvalue weighted by atomic mass is 35.5. The molecule has 1 aromatic carbocycles. The van der Waals surface area contributed by atoms with Crippen LogP contribution in [0.5, 0.6) is 0 Å². The van der Waals surface area contributed by atoms with Gasteiger partial charge in [0.15, 0.2) is 0 Å². The molecule has 0 spiro atoms. The summed E-state index contributed by atoms with van der Waals surface area (Å²) in [5, 5.41) is 0.0846. The Bertz CT molecular complexity index is 646. The molecule has 22 heavy (non-hydrogen) atoms. The Labute approximate surface area is 134 Å². The van der Waals surface area contributed by atoms with Gasteiger partial charge in [-0.05, 0) is 30.9 Å². The highest BCUT2D eigenvalue weighted by molar-refractivity contribution is 7.88. The summed E-state index contributed by atoms with van der Waals surface area (Å²) >= 11 is 5.92. The predicted octanol–water partition coefficient (Wildman–Crippen LogP) is 1.88. The number of hydrogen-bond acceptors (Lipinski definition) is 3. The van der Waals surface area contributed by atoms with E-state index in [1.54, 1.807) is 0 Å². The molecule has 0 aromatic heterocycles. The van der Waals surface area contributed by atoms with E-state index in [0.717, 1.165) is 19.1 Å². The minimum absolute atomic E-state index is 0.0120. The molecule has 1 amide bonds. The molecule has 1 aliphatic heterocycles. The number of nitrogens with one attached hydrogen (secondary N) is 1. The molecule has 0 unspecified atom stereocenters. The van der Waals surface area contributed by atoms with Gasteiger partial charge in [0.2, 0.25) is 10.0 Å². The standard InChI is InChI=1S/C14H18ClFN2O3S/c1-22(20,21)17-8-10-4-3-7-18(9-10)14(19)13-11(15)5-2-6-12(13)16/h2,5-6,10,17H,3-4,7-9H2,1H3/t10-/m1/s1. The van der Waals surface area contributed by atoms with E-state index in [1.165, 1.54) is 23.1 Å². The van der Waals surface area contributed by atoms with E-state index in [2.05, 4.69) is 4.72 Å². The Morgan fingerprint density at radius 1 is 1.50 bits per heavy atom. The lowest BCUT2D eigenvalue weighted by atomic mass is 9.97. The zero-order valence-corrected chi connectivity index (χ0v) is 13.8. The molecular weight excluding hydrogens is 331 g/mol. The number of carbonyl (C=O) groups is 1. The van der Waals surface area contributed by atoms with Gasteiger partial charge in [-0.25, -0.2) is 17.5 Å². The van der Waals surface area contributed by atoms with Crippen molar-refractivity contribution < 1.29 is 17.6 Å². The van der Waals surface area contributed by atoms with E-state index in [4.69, 9.17) is 11.6 Å². The quantitative estimate of drug-likeness (QED) is 0.903. The molecule has 0 aliphatic carbocycles. The molecule has 0 saturated carbocycles. The maximum atomic E-state index is 13.8. The van der Waals surface area contributed by atoms with Gasteiger partial charge in [-0.15, -0.1) is 0 Å². The lowest BCUT2D eigenvalue weighted by molar-refractivity contribution is 0.0672. The second-order valence-corrected chi connectivity index (χ2v) is 7.72. The summed E-state index contributed by atoms with van der Waals surface area (Å²) in [7, 11) is -3.26. The zero-order chi connectivity index (χ0) is 16.3. The third-order valence-corrected chi connectivity index (χ3v) is 4.62. The van der Waals surface area contributed by atoms with Gasteiger partial charge in [-0.3, -0.25) is 4.79 Å². The molecule has 122 valence electrons. The van der Waals surface area contributed by atoms with Crippen molar-refractivity contribution in [1.82, 2.24) is 9.62 Å². The summed E-state index contributed by atoms with van der Waals surface area (Å²) < 4.78 is 38.6. The highest BCUT2D eigenvalue weighted by Crippen LogP contribution is 2.24. The minimum Gasteiger partial charge on any atom is -0.338 e. The number of halogens is 2. The Morgan fingerprint density at radius 2 is 2.23 bits per heavy atom. The molecule has 2 rings (SSSR count). The monoisotopic (exact) mass is 348 g/mol. The number of carbonyl (C=O) groups excluding carboxylic acids is 1. The molecule has 1 heterocycles. The van der Waals surface area contributed by atoms with Gasteiger partial charge in [0, 0.05) is 19.6 Å². The van der Waals surface area contributed by atoms with Crippen molar-refractivity contribution in [2.24, 2.45) is 5.92 Å². The normalized spacial score (nSPS) is 19.2. The number of sulfonamides is 1. The summed E-state index contributed by atoms with van der Waals surface area (Å²) in [6.45, 7) is 1.17. The number of nitrogens with zero attached hydrogens (tertiary/aromatic N) is 1. The summed E-state index contributed by atoms with van der Waals surface area (Å²) in [6, 6.07) is 4.12. The summed E-state index contributed by atoms with van der Waals surface area (Å²) in [5.41, 5.74) is -0.124. The Kier molecular flexibility index (Phi) is 5.41. The van der Waals surface area contributed by atoms with Crippen LogP contribution in [0.25, 0.3) is 0 Å². The van der Waals surface area contributed by atoms with Gasteiger partial charge in [0.1, 0.15) is 5.82 Å². The first-order chi connectivity index (χ1) is 10.3. The van der Waals surface area contributed by atoms with Crippen LogP contribution < -0.4 is 4.72 Å². The number of amides is 1. The number of benzene rings is 1. The molecule has 5 nitrogen and oxygen atoms in total. The molecule has 8 heteroatoms. The summed E-state index contributed by atoms with van der Waals surface area (Å²) in [6.07, 6.45) is 2.66. The zero-order valence-electron chi connectivity index (χ0n) is 12.2. The SMILES string of the molecule is CS(=O)(=O)NC[C@H]1CCCN(C(=O)c2c(F)cccc2Cl)C1. The van der Waals surface area contributed by atoms with Crippen LogP contribution >= 0.6 is 11.6 Å². The summed E-state index contributed by atoms with van der Waals surface area (Å²) in [5.74, 6) is -1.08. The Hall–Kier alpha value is -1.18. The van der Waals surface area contributed by atoms with Crippen LogP contribution in [0, 0.1) is 11.7 Å². The van der Waals surface area contributed by atoms with Crippen LogP contribution in [-0.2, 0) is 10.0 Å². The van der Waals surface area contributed by atoms with E-state index in [1.807, 2.05) is 0 Å². The fraction of sp³-hybridized carbons (Fsp3) is 0.500. The molecule has 1 atom stereocenters. The number of hydrogen-bond donors (Lipinski definition) is 1. The van der Waals surface area contributed by atoms with Gasteiger partial charge < -0.3 is 4.90 Å². The van der Waals surface area contributed by atoms with E-state index in [0.29, 0.717) is 13.1 Å². The fourth-order valence-electron chi connectivity index (χ4n) is 2.55.